The molecule has 0 aromatic heterocycles. The van der Waals surface area contributed by atoms with E-state index in [0.29, 0.717) is 0 Å². The first-order valence-corrected chi connectivity index (χ1v) is 4.37. The van der Waals surface area contributed by atoms with Crippen LogP contribution in [0.5, 0.6) is 0 Å². The van der Waals surface area contributed by atoms with Gasteiger partial charge in [0.05, 0.1) is 0 Å². The predicted octanol–water partition coefficient (Wildman–Crippen LogP) is -2.61. The number of nitrogens with one attached hydrogen (secondary N) is 2. The standard InChI is InChI=1S/2C3H8N2OS.Zn/c2*1-5(2)4-3(6)7;/h2*1-2H3,(H2,4,6,7);/q;;+2/p-2. The van der Waals surface area contributed by atoms with E-state index in [2.05, 4.69) is 35.3 Å². The van der Waals surface area contributed by atoms with Crippen molar-refractivity contribution in [2.24, 2.45) is 0 Å². The van der Waals surface area contributed by atoms with Crippen molar-refractivity contribution < 1.29 is 29.7 Å². The third-order valence-electron chi connectivity index (χ3n) is 0.630. The SMILES string of the molecule is CN(C)NC([O-])=S.CN(C)NC([O-])=S.[Zn+2]. The summed E-state index contributed by atoms with van der Waals surface area (Å²) in [4.78, 5) is 0. The Kier molecular flexibility index (Phi) is 16.3. The van der Waals surface area contributed by atoms with Gasteiger partial charge in [0.15, 0.2) is 0 Å². The second kappa shape index (κ2) is 12.0. The molecular formula is C6H14N4O2S2Zn. The molecule has 0 aliphatic carbocycles. The molecule has 0 spiro atoms. The van der Waals surface area contributed by atoms with E-state index < -0.39 is 10.3 Å². The molecular weight excluding hydrogens is 290 g/mol. The van der Waals surface area contributed by atoms with Crippen LogP contribution in [0.1, 0.15) is 0 Å². The Labute approximate surface area is 113 Å². The predicted molar refractivity (Wildman–Crippen MR) is 58.8 cm³/mol. The van der Waals surface area contributed by atoms with Crippen LogP contribution in [0.2, 0.25) is 0 Å². The van der Waals surface area contributed by atoms with Crippen LogP contribution in [0.4, 0.5) is 0 Å². The molecule has 0 saturated carbocycles. The van der Waals surface area contributed by atoms with E-state index in [9.17, 15) is 10.2 Å². The zero-order chi connectivity index (χ0) is 11.7. The van der Waals surface area contributed by atoms with Crippen molar-refractivity contribution in [3.8, 4) is 0 Å². The van der Waals surface area contributed by atoms with E-state index in [1.807, 2.05) is 0 Å². The average Bonchev–Trinajstić information content (AvgIpc) is 1.79. The Morgan fingerprint density at radius 2 is 1.07 bits per heavy atom. The zero-order valence-corrected chi connectivity index (χ0v) is 13.8. The minimum Gasteiger partial charge on any atom is -0.851 e. The molecule has 0 bridgehead atoms. The minimum atomic E-state index is -0.454. The van der Waals surface area contributed by atoms with E-state index in [1.165, 1.54) is 10.0 Å². The molecule has 2 N–H and O–H groups in total. The molecule has 0 rings (SSSR count). The van der Waals surface area contributed by atoms with Gasteiger partial charge in [0.2, 0.25) is 0 Å². The maximum absolute atomic E-state index is 9.92. The van der Waals surface area contributed by atoms with E-state index in [-0.39, 0.29) is 19.5 Å². The Hall–Kier alpha value is -0.0766. The van der Waals surface area contributed by atoms with Crippen LogP contribution in [0.3, 0.4) is 0 Å². The average molecular weight is 304 g/mol. The summed E-state index contributed by atoms with van der Waals surface area (Å²) in [5, 5.41) is 21.9. The Morgan fingerprint density at radius 1 is 0.867 bits per heavy atom. The van der Waals surface area contributed by atoms with Crippen LogP contribution in [-0.4, -0.2) is 48.6 Å². The molecule has 0 unspecified atom stereocenters. The van der Waals surface area contributed by atoms with Gasteiger partial charge in [-0.05, 0) is 0 Å². The summed E-state index contributed by atoms with van der Waals surface area (Å²) in [7, 11) is 6.79. The molecule has 0 amide bonds. The topological polar surface area (TPSA) is 76.7 Å². The van der Waals surface area contributed by atoms with E-state index in [1.54, 1.807) is 28.2 Å². The van der Waals surface area contributed by atoms with Gasteiger partial charge in [-0.1, -0.05) is 24.4 Å². The number of hydrogen-bond acceptors (Lipinski definition) is 6. The van der Waals surface area contributed by atoms with E-state index in [4.69, 9.17) is 0 Å². The van der Waals surface area contributed by atoms with Crippen LogP contribution in [0.25, 0.3) is 0 Å². The summed E-state index contributed by atoms with van der Waals surface area (Å²) >= 11 is 8.33. The second-order valence-corrected chi connectivity index (χ2v) is 3.33. The van der Waals surface area contributed by atoms with Crippen molar-refractivity contribution in [1.82, 2.24) is 20.9 Å². The van der Waals surface area contributed by atoms with Crippen molar-refractivity contribution in [3.05, 3.63) is 0 Å². The summed E-state index contributed by atoms with van der Waals surface area (Å²) < 4.78 is 0. The van der Waals surface area contributed by atoms with Crippen molar-refractivity contribution in [1.29, 1.82) is 0 Å². The molecule has 0 atom stereocenters. The first-order chi connectivity index (χ1) is 6.25. The maximum Gasteiger partial charge on any atom is 2.00 e. The molecule has 0 saturated heterocycles. The van der Waals surface area contributed by atoms with Crippen molar-refractivity contribution >= 4 is 34.8 Å². The summed E-state index contributed by atoms with van der Waals surface area (Å²) in [6.07, 6.45) is 0. The van der Waals surface area contributed by atoms with E-state index >= 15 is 0 Å². The monoisotopic (exact) mass is 302 g/mol. The largest absolute Gasteiger partial charge is 2.00 e. The molecule has 0 aliphatic heterocycles. The van der Waals surface area contributed by atoms with Gasteiger partial charge < -0.3 is 21.1 Å². The van der Waals surface area contributed by atoms with Gasteiger partial charge in [0.25, 0.3) is 0 Å². The number of thiocarbonyl (C=S) groups is 2. The Balaban J connectivity index is -0.000000180. The molecule has 6 nitrogen and oxygen atoms in total. The summed E-state index contributed by atoms with van der Waals surface area (Å²) in [5.41, 5.74) is 4.63. The molecule has 0 aromatic carbocycles. The van der Waals surface area contributed by atoms with Gasteiger partial charge in [0, 0.05) is 38.5 Å². The Bertz CT molecular complexity index is 172. The van der Waals surface area contributed by atoms with Crippen LogP contribution in [-0.2, 0) is 19.5 Å². The third-order valence-corrected chi connectivity index (χ3v) is 0.812. The van der Waals surface area contributed by atoms with Gasteiger partial charge in [-0.15, -0.1) is 0 Å². The summed E-state index contributed by atoms with van der Waals surface area (Å²) in [5.74, 6) is 0. The molecule has 0 fully saturated rings. The first kappa shape index (κ1) is 20.3. The van der Waals surface area contributed by atoms with Crippen LogP contribution < -0.4 is 21.1 Å². The number of hydrogen-bond donors (Lipinski definition) is 2. The molecule has 0 aromatic rings. The van der Waals surface area contributed by atoms with Crippen molar-refractivity contribution in [2.75, 3.05) is 28.2 Å². The van der Waals surface area contributed by atoms with Gasteiger partial charge in [-0.2, -0.15) is 0 Å². The normalized spacial score (nSPS) is 8.40. The minimum absolute atomic E-state index is 0. The van der Waals surface area contributed by atoms with E-state index in [0.717, 1.165) is 0 Å². The van der Waals surface area contributed by atoms with Gasteiger partial charge >= 0.3 is 19.5 Å². The summed E-state index contributed by atoms with van der Waals surface area (Å²) in [6.45, 7) is 0. The number of hydrazine groups is 2. The smallest absolute Gasteiger partial charge is 0.851 e. The fourth-order valence-electron chi connectivity index (χ4n) is 0.365. The second-order valence-electron chi connectivity index (χ2n) is 2.59. The Morgan fingerprint density at radius 3 is 1.07 bits per heavy atom. The fourth-order valence-corrected chi connectivity index (χ4v) is 0.730. The fraction of sp³-hybridized carbons (Fsp3) is 0.667. The first-order valence-electron chi connectivity index (χ1n) is 3.55. The molecule has 0 heterocycles. The third kappa shape index (κ3) is 31.5. The maximum atomic E-state index is 9.92. The molecule has 84 valence electrons. The van der Waals surface area contributed by atoms with Gasteiger partial charge in [-0.3, -0.25) is 0 Å². The van der Waals surface area contributed by atoms with Crippen LogP contribution >= 0.6 is 24.4 Å². The number of nitrogens with zero attached hydrogens (tertiary/aromatic N) is 2. The molecule has 9 heteroatoms. The quantitative estimate of drug-likeness (QED) is 0.327. The van der Waals surface area contributed by atoms with Crippen molar-refractivity contribution in [3.63, 3.8) is 0 Å². The number of rotatable bonds is 2. The van der Waals surface area contributed by atoms with Gasteiger partial charge in [0.1, 0.15) is 0 Å². The molecule has 0 aliphatic rings. The molecule has 0 radical (unpaired) electrons. The summed E-state index contributed by atoms with van der Waals surface area (Å²) in [6, 6.07) is 0. The van der Waals surface area contributed by atoms with Crippen LogP contribution in [0.15, 0.2) is 0 Å². The van der Waals surface area contributed by atoms with Gasteiger partial charge in [-0.25, -0.2) is 10.0 Å². The van der Waals surface area contributed by atoms with Crippen LogP contribution in [0, 0.1) is 0 Å². The van der Waals surface area contributed by atoms with Crippen molar-refractivity contribution in [2.45, 2.75) is 0 Å². The molecule has 15 heavy (non-hydrogen) atoms. The zero-order valence-electron chi connectivity index (χ0n) is 9.23.